The van der Waals surface area contributed by atoms with Crippen molar-refractivity contribution in [3.05, 3.63) is 41.1 Å². The highest BCUT2D eigenvalue weighted by molar-refractivity contribution is 5.43. The van der Waals surface area contributed by atoms with Crippen molar-refractivity contribution in [2.75, 3.05) is 7.11 Å². The Morgan fingerprint density at radius 1 is 1.37 bits per heavy atom. The highest BCUT2D eigenvalue weighted by Crippen LogP contribution is 2.30. The first-order valence-electron chi connectivity index (χ1n) is 6.51. The van der Waals surface area contributed by atoms with Crippen molar-refractivity contribution < 1.29 is 4.74 Å². The van der Waals surface area contributed by atoms with Crippen LogP contribution in [0.25, 0.3) is 5.69 Å². The van der Waals surface area contributed by atoms with Crippen molar-refractivity contribution >= 4 is 0 Å². The lowest BCUT2D eigenvalue weighted by molar-refractivity contribution is 0.379. The van der Waals surface area contributed by atoms with Gasteiger partial charge in [-0.2, -0.15) is 5.10 Å². The van der Waals surface area contributed by atoms with E-state index in [0.29, 0.717) is 12.5 Å². The lowest BCUT2D eigenvalue weighted by Gasteiger charge is -2.08. The van der Waals surface area contributed by atoms with Crippen molar-refractivity contribution in [2.45, 2.75) is 33.2 Å². The van der Waals surface area contributed by atoms with Crippen molar-refractivity contribution in [2.24, 2.45) is 5.73 Å². The third-order valence-corrected chi connectivity index (χ3v) is 3.16. The number of methoxy groups -OCH3 is 1. The molecule has 0 spiro atoms. The van der Waals surface area contributed by atoms with Crippen molar-refractivity contribution in [3.8, 4) is 11.6 Å². The summed E-state index contributed by atoms with van der Waals surface area (Å²) in [5.41, 5.74) is 10.0. The van der Waals surface area contributed by atoms with Gasteiger partial charge in [-0.25, -0.2) is 4.68 Å². The molecule has 0 saturated carbocycles. The smallest absolute Gasteiger partial charge is 0.221 e. The van der Waals surface area contributed by atoms with Gasteiger partial charge in [0.1, 0.15) is 0 Å². The number of benzene rings is 1. The maximum atomic E-state index is 5.85. The van der Waals surface area contributed by atoms with Gasteiger partial charge in [0, 0.05) is 6.54 Å². The van der Waals surface area contributed by atoms with Crippen LogP contribution in [-0.4, -0.2) is 16.9 Å². The third-order valence-electron chi connectivity index (χ3n) is 3.16. The molecule has 2 rings (SSSR count). The predicted molar refractivity (Wildman–Crippen MR) is 76.8 cm³/mol. The number of ether oxygens (including phenoxy) is 1. The van der Waals surface area contributed by atoms with Crippen molar-refractivity contribution in [1.29, 1.82) is 0 Å². The summed E-state index contributed by atoms with van der Waals surface area (Å²) in [4.78, 5) is 0. The molecule has 102 valence electrons. The summed E-state index contributed by atoms with van der Waals surface area (Å²) in [6.45, 7) is 6.72. The number of hydrogen-bond acceptors (Lipinski definition) is 3. The Kier molecular flexibility index (Phi) is 3.90. The molecule has 0 unspecified atom stereocenters. The van der Waals surface area contributed by atoms with Crippen LogP contribution >= 0.6 is 0 Å². The number of aryl methyl sites for hydroxylation is 1. The van der Waals surface area contributed by atoms with Crippen LogP contribution in [0.5, 0.6) is 5.88 Å². The van der Waals surface area contributed by atoms with Gasteiger partial charge >= 0.3 is 0 Å². The summed E-state index contributed by atoms with van der Waals surface area (Å²) in [5.74, 6) is 1.05. The molecule has 1 aromatic heterocycles. The van der Waals surface area contributed by atoms with Gasteiger partial charge in [0.25, 0.3) is 0 Å². The molecule has 0 atom stereocenters. The first-order valence-corrected chi connectivity index (χ1v) is 6.51. The molecule has 1 heterocycles. The summed E-state index contributed by atoms with van der Waals surface area (Å²) in [6.07, 6.45) is 0. The minimum atomic E-state index is 0.318. The van der Waals surface area contributed by atoms with Crippen molar-refractivity contribution in [3.63, 3.8) is 0 Å². The molecular formula is C15H21N3O. The quantitative estimate of drug-likeness (QED) is 0.918. The van der Waals surface area contributed by atoms with Gasteiger partial charge < -0.3 is 10.5 Å². The molecule has 0 aliphatic heterocycles. The first-order chi connectivity index (χ1) is 9.08. The van der Waals surface area contributed by atoms with Crippen LogP contribution in [0.4, 0.5) is 0 Å². The van der Waals surface area contributed by atoms with Crippen molar-refractivity contribution in [1.82, 2.24) is 9.78 Å². The van der Waals surface area contributed by atoms with Gasteiger partial charge in [-0.3, -0.25) is 0 Å². The van der Waals surface area contributed by atoms with E-state index in [1.54, 1.807) is 7.11 Å². The molecule has 0 aliphatic carbocycles. The summed E-state index contributed by atoms with van der Waals surface area (Å²) in [6, 6.07) is 8.18. The second-order valence-electron chi connectivity index (χ2n) is 4.98. The van der Waals surface area contributed by atoms with Crippen LogP contribution in [0.15, 0.2) is 24.3 Å². The Bertz CT molecular complexity index is 573. The molecule has 2 N–H and O–H groups in total. The van der Waals surface area contributed by atoms with Gasteiger partial charge in [0.15, 0.2) is 0 Å². The van der Waals surface area contributed by atoms with E-state index in [1.165, 1.54) is 5.56 Å². The second-order valence-corrected chi connectivity index (χ2v) is 4.98. The van der Waals surface area contributed by atoms with Gasteiger partial charge in [0.2, 0.25) is 5.88 Å². The van der Waals surface area contributed by atoms with Crippen LogP contribution in [0.1, 0.15) is 36.6 Å². The molecule has 1 aromatic carbocycles. The van der Waals surface area contributed by atoms with E-state index < -0.39 is 0 Å². The zero-order valence-corrected chi connectivity index (χ0v) is 12.0. The van der Waals surface area contributed by atoms with E-state index in [1.807, 2.05) is 16.8 Å². The molecule has 4 nitrogen and oxygen atoms in total. The molecule has 0 radical (unpaired) electrons. The molecule has 4 heteroatoms. The summed E-state index contributed by atoms with van der Waals surface area (Å²) in [5, 5.41) is 4.67. The Morgan fingerprint density at radius 2 is 2.11 bits per heavy atom. The normalized spacial score (nSPS) is 11.1. The highest BCUT2D eigenvalue weighted by Gasteiger charge is 2.20. The fraction of sp³-hybridized carbons (Fsp3) is 0.400. The maximum Gasteiger partial charge on any atom is 0.221 e. The molecule has 0 aliphatic rings. The molecule has 0 saturated heterocycles. The van der Waals surface area contributed by atoms with E-state index in [9.17, 15) is 0 Å². The fourth-order valence-electron chi connectivity index (χ4n) is 2.25. The lowest BCUT2D eigenvalue weighted by atomic mass is 10.1. The zero-order valence-electron chi connectivity index (χ0n) is 12.0. The maximum absolute atomic E-state index is 5.85. The average Bonchev–Trinajstić information content (AvgIpc) is 2.77. The van der Waals surface area contributed by atoms with Gasteiger partial charge in [-0.05, 0) is 30.5 Å². The molecular weight excluding hydrogens is 238 g/mol. The SMILES string of the molecule is COc1c(CN)c(C(C)C)nn1-c1cccc(C)c1. The minimum Gasteiger partial charge on any atom is -0.481 e. The molecule has 0 fully saturated rings. The molecule has 0 bridgehead atoms. The first kappa shape index (κ1) is 13.6. The monoisotopic (exact) mass is 259 g/mol. The second kappa shape index (κ2) is 5.45. The zero-order chi connectivity index (χ0) is 14.0. The molecule has 0 amide bonds. The van der Waals surface area contributed by atoms with Crippen LogP contribution < -0.4 is 10.5 Å². The number of nitrogens with two attached hydrogens (primary N) is 1. The number of rotatable bonds is 4. The number of nitrogens with zero attached hydrogens (tertiary/aromatic N) is 2. The topological polar surface area (TPSA) is 53.1 Å². The van der Waals surface area contributed by atoms with Crippen LogP contribution in [0.3, 0.4) is 0 Å². The highest BCUT2D eigenvalue weighted by atomic mass is 16.5. The van der Waals surface area contributed by atoms with E-state index in [4.69, 9.17) is 10.5 Å². The number of hydrogen-bond donors (Lipinski definition) is 1. The van der Waals surface area contributed by atoms with Crippen LogP contribution in [-0.2, 0) is 6.54 Å². The third kappa shape index (κ3) is 2.49. The Balaban J connectivity index is 2.63. The predicted octanol–water partition coefficient (Wildman–Crippen LogP) is 2.77. The fourth-order valence-corrected chi connectivity index (χ4v) is 2.25. The molecule has 19 heavy (non-hydrogen) atoms. The Labute approximate surface area is 114 Å². The average molecular weight is 259 g/mol. The largest absolute Gasteiger partial charge is 0.481 e. The van der Waals surface area contributed by atoms with E-state index >= 15 is 0 Å². The van der Waals surface area contributed by atoms with Crippen LogP contribution in [0, 0.1) is 6.92 Å². The standard InChI is InChI=1S/C15H21N3O/c1-10(2)14-13(9-16)15(19-4)18(17-14)12-7-5-6-11(3)8-12/h5-8,10H,9,16H2,1-4H3. The summed E-state index contributed by atoms with van der Waals surface area (Å²) >= 11 is 0. The van der Waals surface area contributed by atoms with Gasteiger partial charge in [0.05, 0.1) is 24.1 Å². The Hall–Kier alpha value is -1.81. The Morgan fingerprint density at radius 3 is 2.63 bits per heavy atom. The lowest BCUT2D eigenvalue weighted by Crippen LogP contribution is -2.03. The van der Waals surface area contributed by atoms with Gasteiger partial charge in [-0.15, -0.1) is 0 Å². The van der Waals surface area contributed by atoms with Crippen LogP contribution in [0.2, 0.25) is 0 Å². The minimum absolute atomic E-state index is 0.318. The summed E-state index contributed by atoms with van der Waals surface area (Å²) in [7, 11) is 1.66. The van der Waals surface area contributed by atoms with Gasteiger partial charge in [-0.1, -0.05) is 26.0 Å². The number of aromatic nitrogens is 2. The van der Waals surface area contributed by atoms with E-state index in [-0.39, 0.29) is 0 Å². The van der Waals surface area contributed by atoms with E-state index in [0.717, 1.165) is 22.8 Å². The van der Waals surface area contributed by atoms with E-state index in [2.05, 4.69) is 38.0 Å². The summed E-state index contributed by atoms with van der Waals surface area (Å²) < 4.78 is 7.35. The molecule has 2 aromatic rings.